The Labute approximate surface area is 173 Å². The van der Waals surface area contributed by atoms with E-state index in [2.05, 4.69) is 25.7 Å². The first-order valence-corrected chi connectivity index (χ1v) is 9.46. The number of fused-ring (bicyclic) bond motifs is 1. The molecule has 1 N–H and O–H groups in total. The average molecular weight is 406 g/mol. The number of hydrogen-bond acceptors (Lipinski definition) is 7. The highest BCUT2D eigenvalue weighted by molar-refractivity contribution is 5.93. The highest BCUT2D eigenvalue weighted by Gasteiger charge is 2.22. The van der Waals surface area contributed by atoms with Crippen molar-refractivity contribution in [2.45, 2.75) is 32.6 Å². The van der Waals surface area contributed by atoms with E-state index >= 15 is 0 Å². The number of carbonyl (C=O) groups excluding carboxylic acids is 1. The van der Waals surface area contributed by atoms with Crippen molar-refractivity contribution in [2.75, 3.05) is 12.4 Å². The number of nitrogens with zero attached hydrogens (tertiary/aromatic N) is 5. The zero-order chi connectivity index (χ0) is 21.3. The minimum atomic E-state index is -0.218. The number of para-hydroxylation sites is 2. The van der Waals surface area contributed by atoms with Crippen molar-refractivity contribution in [1.82, 2.24) is 24.7 Å². The third-order valence-electron chi connectivity index (χ3n) is 4.52. The molecular weight excluding hydrogens is 384 g/mol. The van der Waals surface area contributed by atoms with Crippen molar-refractivity contribution in [3.8, 4) is 17.2 Å². The topological polar surface area (TPSA) is 107 Å². The molecule has 0 radical (unpaired) electrons. The smallest absolute Gasteiger partial charge is 0.258 e. The number of pyridine rings is 1. The number of anilines is 1. The summed E-state index contributed by atoms with van der Waals surface area (Å²) >= 11 is 0. The fourth-order valence-corrected chi connectivity index (χ4v) is 2.93. The number of amides is 1. The van der Waals surface area contributed by atoms with E-state index in [1.54, 1.807) is 35.9 Å². The largest absolute Gasteiger partial charge is 0.495 e. The zero-order valence-corrected chi connectivity index (χ0v) is 17.2. The molecule has 0 bridgehead atoms. The summed E-state index contributed by atoms with van der Waals surface area (Å²) in [5.41, 5.74) is 1.72. The lowest BCUT2D eigenvalue weighted by Crippen LogP contribution is -2.16. The van der Waals surface area contributed by atoms with Crippen LogP contribution in [0.25, 0.3) is 17.1 Å². The first-order chi connectivity index (χ1) is 14.3. The van der Waals surface area contributed by atoms with Crippen LogP contribution in [0.4, 0.5) is 5.69 Å². The summed E-state index contributed by atoms with van der Waals surface area (Å²) in [6.07, 6.45) is 1.85. The molecule has 0 atom stereocenters. The summed E-state index contributed by atoms with van der Waals surface area (Å²) in [4.78, 5) is 17.0. The minimum Gasteiger partial charge on any atom is -0.495 e. The second-order valence-electron chi connectivity index (χ2n) is 7.86. The Morgan fingerprint density at radius 3 is 2.73 bits per heavy atom. The van der Waals surface area contributed by atoms with Gasteiger partial charge in [-0.25, -0.2) is 0 Å². The van der Waals surface area contributed by atoms with Crippen LogP contribution in [0.5, 0.6) is 5.75 Å². The summed E-state index contributed by atoms with van der Waals surface area (Å²) in [5, 5.41) is 15.2. The van der Waals surface area contributed by atoms with Gasteiger partial charge in [0.25, 0.3) is 5.89 Å². The molecule has 30 heavy (non-hydrogen) atoms. The van der Waals surface area contributed by atoms with Crippen LogP contribution in [0, 0.1) is 0 Å². The fourth-order valence-electron chi connectivity index (χ4n) is 2.93. The van der Waals surface area contributed by atoms with Crippen LogP contribution in [0.15, 0.2) is 47.1 Å². The van der Waals surface area contributed by atoms with Gasteiger partial charge in [0.2, 0.25) is 5.91 Å². The lowest BCUT2D eigenvalue weighted by atomic mass is 9.96. The van der Waals surface area contributed by atoms with Gasteiger partial charge in [-0.15, -0.1) is 10.2 Å². The van der Waals surface area contributed by atoms with Gasteiger partial charge in [0, 0.05) is 17.2 Å². The van der Waals surface area contributed by atoms with E-state index in [0.717, 1.165) is 5.56 Å². The molecule has 4 rings (SSSR count). The number of methoxy groups -OCH3 is 1. The molecule has 1 amide bonds. The van der Waals surface area contributed by atoms with Gasteiger partial charge in [0.15, 0.2) is 11.5 Å². The highest BCUT2D eigenvalue weighted by Crippen LogP contribution is 2.25. The zero-order valence-electron chi connectivity index (χ0n) is 17.2. The third kappa shape index (κ3) is 3.86. The maximum atomic E-state index is 12.5. The number of aromatic nitrogens is 5. The molecule has 0 spiro atoms. The van der Waals surface area contributed by atoms with E-state index in [1.165, 1.54) is 0 Å². The third-order valence-corrected chi connectivity index (χ3v) is 4.52. The summed E-state index contributed by atoms with van der Waals surface area (Å²) in [6.45, 7) is 6.06. The van der Waals surface area contributed by atoms with Gasteiger partial charge < -0.3 is 14.6 Å². The summed E-state index contributed by atoms with van der Waals surface area (Å²) < 4.78 is 12.4. The minimum absolute atomic E-state index is 0.0628. The van der Waals surface area contributed by atoms with Gasteiger partial charge in [-0.2, -0.15) is 4.98 Å². The average Bonchev–Trinajstić information content (AvgIpc) is 3.36. The summed E-state index contributed by atoms with van der Waals surface area (Å²) in [5.74, 6) is 1.94. The van der Waals surface area contributed by atoms with Crippen LogP contribution >= 0.6 is 0 Å². The molecule has 0 aliphatic carbocycles. The lowest BCUT2D eigenvalue weighted by Gasteiger charge is -2.10. The van der Waals surface area contributed by atoms with E-state index < -0.39 is 0 Å². The van der Waals surface area contributed by atoms with Crippen molar-refractivity contribution < 1.29 is 14.1 Å². The van der Waals surface area contributed by atoms with Crippen molar-refractivity contribution in [3.63, 3.8) is 0 Å². The summed E-state index contributed by atoms with van der Waals surface area (Å²) in [6, 6.07) is 10.9. The van der Waals surface area contributed by atoms with Crippen LogP contribution in [-0.4, -0.2) is 37.8 Å². The maximum absolute atomic E-state index is 12.5. The first kappa shape index (κ1) is 19.6. The molecule has 1 aromatic carbocycles. The maximum Gasteiger partial charge on any atom is 0.258 e. The Hall–Kier alpha value is -3.75. The SMILES string of the molecule is COc1ccccc1NC(=O)Cc1nnc2cc(-c3nc(C(C)(C)C)no3)ccn12. The Morgan fingerprint density at radius 1 is 1.20 bits per heavy atom. The van der Waals surface area contributed by atoms with Gasteiger partial charge in [0.1, 0.15) is 11.6 Å². The van der Waals surface area contributed by atoms with Crippen molar-refractivity contribution in [3.05, 3.63) is 54.2 Å². The predicted molar refractivity (Wildman–Crippen MR) is 110 cm³/mol. The molecule has 9 nitrogen and oxygen atoms in total. The molecule has 154 valence electrons. The van der Waals surface area contributed by atoms with Crippen LogP contribution < -0.4 is 10.1 Å². The highest BCUT2D eigenvalue weighted by atomic mass is 16.5. The molecule has 3 aromatic heterocycles. The standard InChI is InChI=1S/C21H22N6O3/c1-21(2,3)20-23-19(30-26-20)13-9-10-27-16(11-13)24-25-17(27)12-18(28)22-14-7-5-6-8-15(14)29-4/h5-11H,12H2,1-4H3,(H,22,28). The van der Waals surface area contributed by atoms with Gasteiger partial charge >= 0.3 is 0 Å². The van der Waals surface area contributed by atoms with Gasteiger partial charge in [0.05, 0.1) is 19.2 Å². The van der Waals surface area contributed by atoms with Crippen LogP contribution in [0.2, 0.25) is 0 Å². The second-order valence-corrected chi connectivity index (χ2v) is 7.86. The molecule has 0 aliphatic heterocycles. The predicted octanol–water partition coefficient (Wildman–Crippen LogP) is 3.27. The Bertz CT molecular complexity index is 1200. The molecule has 4 aromatic rings. The van der Waals surface area contributed by atoms with Crippen molar-refractivity contribution >= 4 is 17.2 Å². The number of rotatable bonds is 5. The monoisotopic (exact) mass is 406 g/mol. The second kappa shape index (κ2) is 7.58. The van der Waals surface area contributed by atoms with Crippen molar-refractivity contribution in [2.24, 2.45) is 0 Å². The van der Waals surface area contributed by atoms with E-state index in [1.807, 2.05) is 39.0 Å². The van der Waals surface area contributed by atoms with Crippen LogP contribution in [0.1, 0.15) is 32.4 Å². The van der Waals surface area contributed by atoms with Gasteiger partial charge in [-0.1, -0.05) is 38.1 Å². The number of ether oxygens (including phenoxy) is 1. The van der Waals surface area contributed by atoms with Crippen LogP contribution in [-0.2, 0) is 16.6 Å². The quantitative estimate of drug-likeness (QED) is 0.542. The number of benzene rings is 1. The van der Waals surface area contributed by atoms with Gasteiger partial charge in [-0.05, 0) is 24.3 Å². The molecule has 0 unspecified atom stereocenters. The molecule has 0 aliphatic rings. The normalized spacial score (nSPS) is 11.6. The molecular formula is C21H22N6O3. The lowest BCUT2D eigenvalue weighted by molar-refractivity contribution is -0.115. The Balaban J connectivity index is 1.54. The van der Waals surface area contributed by atoms with E-state index in [-0.39, 0.29) is 17.7 Å². The molecule has 0 saturated heterocycles. The summed E-state index contributed by atoms with van der Waals surface area (Å²) in [7, 11) is 1.56. The fraction of sp³-hybridized carbons (Fsp3) is 0.286. The molecule has 0 saturated carbocycles. The molecule has 3 heterocycles. The van der Waals surface area contributed by atoms with Gasteiger partial charge in [-0.3, -0.25) is 9.20 Å². The van der Waals surface area contributed by atoms with E-state index in [4.69, 9.17) is 9.26 Å². The van der Waals surface area contributed by atoms with Crippen molar-refractivity contribution in [1.29, 1.82) is 0 Å². The Morgan fingerprint density at radius 2 is 2.00 bits per heavy atom. The first-order valence-electron chi connectivity index (χ1n) is 9.46. The number of carbonyl (C=O) groups is 1. The number of nitrogens with one attached hydrogen (secondary N) is 1. The molecule has 0 fully saturated rings. The van der Waals surface area contributed by atoms with E-state index in [9.17, 15) is 4.79 Å². The molecule has 9 heteroatoms. The Kier molecular flexibility index (Phi) is 4.94. The number of hydrogen-bond donors (Lipinski definition) is 1. The van der Waals surface area contributed by atoms with Crippen LogP contribution in [0.3, 0.4) is 0 Å². The van der Waals surface area contributed by atoms with E-state index in [0.29, 0.717) is 34.6 Å².